The molecule has 1 fully saturated rings. The predicted molar refractivity (Wildman–Crippen MR) is 52.5 cm³/mol. The monoisotopic (exact) mass is 206 g/mol. The summed E-state index contributed by atoms with van der Waals surface area (Å²) in [6, 6.07) is 0.0949. The van der Waals surface area contributed by atoms with Gasteiger partial charge in [-0.3, -0.25) is 0 Å². The summed E-state index contributed by atoms with van der Waals surface area (Å²) in [7, 11) is -1.85. The molecule has 0 aromatic rings. The molecular weight excluding hydrogens is 188 g/mol. The fraction of sp³-hybridized carbons (Fsp3) is 1.00. The Morgan fingerprint density at radius 2 is 1.62 bits per heavy atom. The molecule has 4 nitrogen and oxygen atoms in total. The Balaban J connectivity index is 2.63. The number of nitrogens with one attached hydrogen (secondary N) is 2. The van der Waals surface area contributed by atoms with Crippen molar-refractivity contribution in [2.75, 3.05) is 7.05 Å². The van der Waals surface area contributed by atoms with E-state index >= 15 is 0 Å². The van der Waals surface area contributed by atoms with Crippen LogP contribution in [0.2, 0.25) is 0 Å². The molecule has 0 saturated heterocycles. The molecule has 0 aromatic carbocycles. The van der Waals surface area contributed by atoms with Crippen LogP contribution in [0.1, 0.15) is 26.7 Å². The van der Waals surface area contributed by atoms with Gasteiger partial charge in [-0.1, -0.05) is 13.8 Å². The Morgan fingerprint density at radius 3 is 2.00 bits per heavy atom. The molecule has 0 aromatic heterocycles. The lowest BCUT2D eigenvalue weighted by Crippen LogP contribution is -2.44. The second-order valence-corrected chi connectivity index (χ2v) is 5.53. The first-order chi connectivity index (χ1) is 5.96. The van der Waals surface area contributed by atoms with Crippen LogP contribution < -0.4 is 9.44 Å². The standard InChI is InChI=1S/C8H18N2O2S/c1-6-4-5-7(2)8(6)10-13(11,12)9-3/h6-10H,4-5H2,1-3H3. The Bertz CT molecular complexity index is 253. The summed E-state index contributed by atoms with van der Waals surface area (Å²) in [6.45, 7) is 4.18. The molecule has 2 N–H and O–H groups in total. The van der Waals surface area contributed by atoms with E-state index in [1.807, 2.05) is 0 Å². The highest BCUT2D eigenvalue weighted by molar-refractivity contribution is 7.87. The van der Waals surface area contributed by atoms with Gasteiger partial charge in [-0.2, -0.15) is 13.1 Å². The summed E-state index contributed by atoms with van der Waals surface area (Å²) in [5.41, 5.74) is 0. The molecule has 1 saturated carbocycles. The van der Waals surface area contributed by atoms with E-state index in [0.29, 0.717) is 11.8 Å². The molecule has 5 heteroatoms. The molecule has 0 spiro atoms. The minimum Gasteiger partial charge on any atom is -0.205 e. The molecule has 2 unspecified atom stereocenters. The molecule has 1 rings (SSSR count). The maximum Gasteiger partial charge on any atom is 0.276 e. The Kier molecular flexibility index (Phi) is 3.32. The number of hydrogen-bond acceptors (Lipinski definition) is 2. The zero-order valence-electron chi connectivity index (χ0n) is 8.37. The molecule has 0 aliphatic heterocycles. The van der Waals surface area contributed by atoms with Gasteiger partial charge in [-0.25, -0.2) is 4.72 Å². The van der Waals surface area contributed by atoms with Gasteiger partial charge in [-0.05, 0) is 24.7 Å². The molecule has 0 heterocycles. The Labute approximate surface area is 80.3 Å². The van der Waals surface area contributed by atoms with Gasteiger partial charge in [-0.15, -0.1) is 0 Å². The normalized spacial score (nSPS) is 35.2. The summed E-state index contributed by atoms with van der Waals surface area (Å²) >= 11 is 0. The van der Waals surface area contributed by atoms with Crippen LogP contribution in [0, 0.1) is 11.8 Å². The third-order valence-corrected chi connectivity index (χ3v) is 3.98. The van der Waals surface area contributed by atoms with E-state index in [4.69, 9.17) is 0 Å². The van der Waals surface area contributed by atoms with Crippen LogP contribution in [0.3, 0.4) is 0 Å². The molecule has 1 aliphatic rings. The largest absolute Gasteiger partial charge is 0.276 e. The van der Waals surface area contributed by atoms with E-state index in [-0.39, 0.29) is 6.04 Å². The SMILES string of the molecule is CNS(=O)(=O)NC1C(C)CCC1C. The third-order valence-electron chi connectivity index (χ3n) is 2.86. The average molecular weight is 206 g/mol. The van der Waals surface area contributed by atoms with Gasteiger partial charge in [0.05, 0.1) is 0 Å². The second kappa shape index (κ2) is 3.94. The van der Waals surface area contributed by atoms with Crippen LogP contribution >= 0.6 is 0 Å². The van der Waals surface area contributed by atoms with Gasteiger partial charge >= 0.3 is 0 Å². The number of hydrogen-bond donors (Lipinski definition) is 2. The molecule has 0 amide bonds. The molecular formula is C8H18N2O2S. The van der Waals surface area contributed by atoms with Gasteiger partial charge in [0.15, 0.2) is 0 Å². The maximum absolute atomic E-state index is 11.2. The zero-order chi connectivity index (χ0) is 10.1. The van der Waals surface area contributed by atoms with Gasteiger partial charge in [0.25, 0.3) is 10.2 Å². The smallest absolute Gasteiger partial charge is 0.205 e. The topological polar surface area (TPSA) is 58.2 Å². The van der Waals surface area contributed by atoms with Gasteiger partial charge in [0, 0.05) is 13.1 Å². The van der Waals surface area contributed by atoms with Crippen LogP contribution in [-0.2, 0) is 10.2 Å². The van der Waals surface area contributed by atoms with Crippen molar-refractivity contribution in [2.24, 2.45) is 11.8 Å². The first kappa shape index (κ1) is 10.9. The van der Waals surface area contributed by atoms with E-state index < -0.39 is 10.2 Å². The second-order valence-electron chi connectivity index (χ2n) is 3.88. The molecule has 0 bridgehead atoms. The fourth-order valence-corrected chi connectivity index (χ4v) is 2.86. The van der Waals surface area contributed by atoms with Crippen LogP contribution in [0.15, 0.2) is 0 Å². The average Bonchev–Trinajstić information content (AvgIpc) is 2.36. The van der Waals surface area contributed by atoms with E-state index in [2.05, 4.69) is 23.3 Å². The first-order valence-electron chi connectivity index (χ1n) is 4.67. The van der Waals surface area contributed by atoms with Crippen LogP contribution in [0.4, 0.5) is 0 Å². The summed E-state index contributed by atoms with van der Waals surface area (Å²) < 4.78 is 27.4. The van der Waals surface area contributed by atoms with Crippen LogP contribution in [-0.4, -0.2) is 21.5 Å². The lowest BCUT2D eigenvalue weighted by molar-refractivity contribution is 0.413. The van der Waals surface area contributed by atoms with E-state index in [1.165, 1.54) is 7.05 Å². The Morgan fingerprint density at radius 1 is 1.15 bits per heavy atom. The predicted octanol–water partition coefficient (Wildman–Crippen LogP) is 0.475. The van der Waals surface area contributed by atoms with Crippen molar-refractivity contribution in [3.63, 3.8) is 0 Å². The van der Waals surface area contributed by atoms with Crippen molar-refractivity contribution in [1.82, 2.24) is 9.44 Å². The van der Waals surface area contributed by atoms with E-state index in [9.17, 15) is 8.42 Å². The summed E-state index contributed by atoms with van der Waals surface area (Å²) in [5, 5.41) is 0. The molecule has 0 radical (unpaired) electrons. The molecule has 78 valence electrons. The quantitative estimate of drug-likeness (QED) is 0.705. The van der Waals surface area contributed by atoms with Crippen molar-refractivity contribution in [3.8, 4) is 0 Å². The van der Waals surface area contributed by atoms with Crippen molar-refractivity contribution in [3.05, 3.63) is 0 Å². The minimum atomic E-state index is -3.27. The summed E-state index contributed by atoms with van der Waals surface area (Å²) in [4.78, 5) is 0. The third kappa shape index (κ3) is 2.65. The highest BCUT2D eigenvalue weighted by Crippen LogP contribution is 2.30. The van der Waals surface area contributed by atoms with Crippen molar-refractivity contribution >= 4 is 10.2 Å². The Hall–Kier alpha value is -0.130. The lowest BCUT2D eigenvalue weighted by atomic mass is 10.0. The first-order valence-corrected chi connectivity index (χ1v) is 6.15. The maximum atomic E-state index is 11.2. The van der Waals surface area contributed by atoms with E-state index in [0.717, 1.165) is 12.8 Å². The summed E-state index contributed by atoms with van der Waals surface area (Å²) in [5.74, 6) is 0.885. The lowest BCUT2D eigenvalue weighted by Gasteiger charge is -2.20. The van der Waals surface area contributed by atoms with Crippen molar-refractivity contribution in [1.29, 1.82) is 0 Å². The molecule has 13 heavy (non-hydrogen) atoms. The highest BCUT2D eigenvalue weighted by Gasteiger charge is 2.32. The van der Waals surface area contributed by atoms with Crippen LogP contribution in [0.5, 0.6) is 0 Å². The molecule has 2 atom stereocenters. The van der Waals surface area contributed by atoms with Crippen molar-refractivity contribution < 1.29 is 8.42 Å². The minimum absolute atomic E-state index is 0.0949. The van der Waals surface area contributed by atoms with Crippen LogP contribution in [0.25, 0.3) is 0 Å². The van der Waals surface area contributed by atoms with Gasteiger partial charge < -0.3 is 0 Å². The van der Waals surface area contributed by atoms with Gasteiger partial charge in [0.2, 0.25) is 0 Å². The van der Waals surface area contributed by atoms with Gasteiger partial charge in [0.1, 0.15) is 0 Å². The number of rotatable bonds is 3. The fourth-order valence-electron chi connectivity index (χ4n) is 1.92. The van der Waals surface area contributed by atoms with Crippen molar-refractivity contribution in [2.45, 2.75) is 32.7 Å². The summed E-state index contributed by atoms with van der Waals surface area (Å²) in [6.07, 6.45) is 2.22. The molecule has 1 aliphatic carbocycles. The van der Waals surface area contributed by atoms with E-state index in [1.54, 1.807) is 0 Å². The highest BCUT2D eigenvalue weighted by atomic mass is 32.2. The zero-order valence-corrected chi connectivity index (χ0v) is 9.19.